The molecule has 0 spiro atoms. The lowest BCUT2D eigenvalue weighted by Gasteiger charge is -2.13. The number of hydrogen-bond donors (Lipinski definition) is 0. The second kappa shape index (κ2) is 9.29. The molecule has 0 bridgehead atoms. The number of nitro groups is 1. The van der Waals surface area contributed by atoms with Crippen molar-refractivity contribution in [3.63, 3.8) is 0 Å². The first-order valence-corrected chi connectivity index (χ1v) is 10.6. The van der Waals surface area contributed by atoms with E-state index < -0.39 is 16.1 Å². The molecule has 2 amide bonds. The van der Waals surface area contributed by atoms with Crippen molar-refractivity contribution in [1.29, 1.82) is 0 Å². The van der Waals surface area contributed by atoms with Gasteiger partial charge in [-0.25, -0.2) is 0 Å². The highest BCUT2D eigenvalue weighted by Gasteiger charge is 2.35. The second-order valence-electron chi connectivity index (χ2n) is 6.62. The van der Waals surface area contributed by atoms with Gasteiger partial charge in [-0.15, -0.1) is 0 Å². The number of benzene rings is 2. The maximum atomic E-state index is 12.6. The quantitative estimate of drug-likeness (QED) is 0.250. The molecule has 4 rings (SSSR count). The lowest BCUT2D eigenvalue weighted by atomic mass is 10.1. The number of nitro benzene ring substituents is 1. The molecule has 2 heterocycles. The van der Waals surface area contributed by atoms with Crippen LogP contribution in [0.4, 0.5) is 10.5 Å². The van der Waals surface area contributed by atoms with E-state index in [-0.39, 0.29) is 23.7 Å². The molecule has 1 saturated heterocycles. The largest absolute Gasteiger partial charge is 0.490 e. The van der Waals surface area contributed by atoms with Crippen molar-refractivity contribution in [3.8, 4) is 17.1 Å². The van der Waals surface area contributed by atoms with Crippen molar-refractivity contribution < 1.29 is 23.7 Å². The Balaban J connectivity index is 1.43. The van der Waals surface area contributed by atoms with Crippen LogP contribution >= 0.6 is 23.4 Å². The fraction of sp³-hybridized carbons (Fsp3) is 0.0909. The van der Waals surface area contributed by atoms with Crippen LogP contribution in [0.5, 0.6) is 5.75 Å². The summed E-state index contributed by atoms with van der Waals surface area (Å²) < 4.78 is 11.3. The zero-order valence-corrected chi connectivity index (χ0v) is 18.0. The SMILES string of the molecule is O=C1S/C(=C\c2ccc(-c3cccc([N+](=O)[O-])c3)o2)C(=O)N1CCOc1ccccc1Cl. The van der Waals surface area contributed by atoms with Crippen molar-refractivity contribution in [2.75, 3.05) is 13.2 Å². The Morgan fingerprint density at radius 3 is 2.72 bits per heavy atom. The van der Waals surface area contributed by atoms with E-state index in [1.807, 2.05) is 0 Å². The number of carbonyl (C=O) groups excluding carboxylic acids is 2. The molecule has 32 heavy (non-hydrogen) atoms. The standard InChI is InChI=1S/C22H15ClN2O6S/c23-17-6-1-2-7-19(17)30-11-10-24-21(26)20(32-22(24)27)13-16-8-9-18(31-16)14-4-3-5-15(12-14)25(28)29/h1-9,12-13H,10-11H2/b20-13-. The number of halogens is 1. The maximum Gasteiger partial charge on any atom is 0.293 e. The molecular weight excluding hydrogens is 456 g/mol. The van der Waals surface area contributed by atoms with Gasteiger partial charge < -0.3 is 9.15 Å². The van der Waals surface area contributed by atoms with Gasteiger partial charge in [0.2, 0.25) is 0 Å². The van der Waals surface area contributed by atoms with Crippen LogP contribution in [0.25, 0.3) is 17.4 Å². The summed E-state index contributed by atoms with van der Waals surface area (Å²) in [5.41, 5.74) is 0.476. The minimum absolute atomic E-state index is 0.0550. The van der Waals surface area contributed by atoms with Crippen LogP contribution < -0.4 is 4.74 Å². The zero-order valence-electron chi connectivity index (χ0n) is 16.4. The molecule has 2 aromatic carbocycles. The van der Waals surface area contributed by atoms with E-state index in [2.05, 4.69) is 0 Å². The molecule has 0 radical (unpaired) electrons. The summed E-state index contributed by atoms with van der Waals surface area (Å²) in [7, 11) is 0. The first-order chi connectivity index (χ1) is 15.4. The van der Waals surface area contributed by atoms with Gasteiger partial charge in [-0.3, -0.25) is 24.6 Å². The van der Waals surface area contributed by atoms with Gasteiger partial charge >= 0.3 is 0 Å². The number of thioether (sulfide) groups is 1. The Kier molecular flexibility index (Phi) is 6.29. The highest BCUT2D eigenvalue weighted by molar-refractivity contribution is 8.18. The number of para-hydroxylation sites is 1. The predicted molar refractivity (Wildman–Crippen MR) is 120 cm³/mol. The minimum atomic E-state index is -0.487. The Morgan fingerprint density at radius 1 is 1.12 bits per heavy atom. The van der Waals surface area contributed by atoms with Crippen molar-refractivity contribution in [2.45, 2.75) is 0 Å². The second-order valence-corrected chi connectivity index (χ2v) is 8.02. The lowest BCUT2D eigenvalue weighted by molar-refractivity contribution is -0.384. The predicted octanol–water partition coefficient (Wildman–Crippen LogP) is 5.62. The Labute approximate surface area is 191 Å². The smallest absolute Gasteiger partial charge is 0.293 e. The van der Waals surface area contributed by atoms with Gasteiger partial charge in [-0.2, -0.15) is 0 Å². The molecule has 162 valence electrons. The van der Waals surface area contributed by atoms with E-state index in [9.17, 15) is 19.7 Å². The van der Waals surface area contributed by atoms with Crippen LogP contribution in [0.1, 0.15) is 5.76 Å². The Morgan fingerprint density at radius 2 is 1.94 bits per heavy atom. The molecule has 8 nitrogen and oxygen atoms in total. The molecule has 1 aliphatic rings. The van der Waals surface area contributed by atoms with E-state index in [0.29, 0.717) is 27.9 Å². The van der Waals surface area contributed by atoms with Crippen LogP contribution in [0.2, 0.25) is 5.02 Å². The summed E-state index contributed by atoms with van der Waals surface area (Å²) in [6.45, 7) is 0.178. The number of carbonyl (C=O) groups is 2. The third-order valence-corrected chi connectivity index (χ3v) is 5.74. The molecule has 1 aliphatic heterocycles. The Bertz CT molecular complexity index is 1240. The average Bonchev–Trinajstić information content (AvgIpc) is 3.35. The molecule has 0 atom stereocenters. The van der Waals surface area contributed by atoms with Crippen molar-refractivity contribution in [2.24, 2.45) is 0 Å². The Hall–Kier alpha value is -3.56. The fourth-order valence-corrected chi connectivity index (χ4v) is 4.02. The third-order valence-electron chi connectivity index (χ3n) is 4.52. The maximum absolute atomic E-state index is 12.6. The van der Waals surface area contributed by atoms with Crippen LogP contribution in [-0.2, 0) is 4.79 Å². The van der Waals surface area contributed by atoms with Crippen molar-refractivity contribution >= 4 is 46.3 Å². The molecule has 0 saturated carbocycles. The van der Waals surface area contributed by atoms with Crippen LogP contribution in [0.3, 0.4) is 0 Å². The molecule has 0 aliphatic carbocycles. The van der Waals surface area contributed by atoms with Gasteiger partial charge in [-0.05, 0) is 36.0 Å². The first-order valence-electron chi connectivity index (χ1n) is 9.40. The van der Waals surface area contributed by atoms with Gasteiger partial charge in [0.15, 0.2) is 0 Å². The molecule has 3 aromatic rings. The van der Waals surface area contributed by atoms with E-state index >= 15 is 0 Å². The summed E-state index contributed by atoms with van der Waals surface area (Å²) in [5.74, 6) is 0.786. The summed E-state index contributed by atoms with van der Waals surface area (Å²) in [4.78, 5) is 36.7. The van der Waals surface area contributed by atoms with Gasteiger partial charge in [-0.1, -0.05) is 35.9 Å². The first kappa shape index (κ1) is 21.7. The molecule has 0 N–H and O–H groups in total. The summed E-state index contributed by atoms with van der Waals surface area (Å²) >= 11 is 6.84. The summed E-state index contributed by atoms with van der Waals surface area (Å²) in [6, 6.07) is 16.2. The van der Waals surface area contributed by atoms with Crippen LogP contribution in [0, 0.1) is 10.1 Å². The highest BCUT2D eigenvalue weighted by Crippen LogP contribution is 2.34. The molecule has 10 heteroatoms. The highest BCUT2D eigenvalue weighted by atomic mass is 35.5. The molecule has 1 aromatic heterocycles. The summed E-state index contributed by atoms with van der Waals surface area (Å²) in [6.07, 6.45) is 1.47. The number of furan rings is 1. The summed E-state index contributed by atoms with van der Waals surface area (Å²) in [5, 5.41) is 11.0. The van der Waals surface area contributed by atoms with Crippen molar-refractivity contribution in [1.82, 2.24) is 4.90 Å². The number of ether oxygens (including phenoxy) is 1. The topological polar surface area (TPSA) is 103 Å². The van der Waals surface area contributed by atoms with E-state index in [1.165, 1.54) is 18.2 Å². The monoisotopic (exact) mass is 470 g/mol. The van der Waals surface area contributed by atoms with Crippen LogP contribution in [-0.4, -0.2) is 34.1 Å². The number of amides is 2. The van der Waals surface area contributed by atoms with Gasteiger partial charge in [0, 0.05) is 23.8 Å². The van der Waals surface area contributed by atoms with Gasteiger partial charge in [0.25, 0.3) is 16.8 Å². The van der Waals surface area contributed by atoms with E-state index in [4.69, 9.17) is 20.8 Å². The molecule has 0 unspecified atom stereocenters. The number of hydrogen-bond acceptors (Lipinski definition) is 7. The number of nitrogens with zero attached hydrogens (tertiary/aromatic N) is 2. The normalized spacial score (nSPS) is 14.9. The van der Waals surface area contributed by atoms with Gasteiger partial charge in [0.1, 0.15) is 23.9 Å². The van der Waals surface area contributed by atoms with Crippen LogP contribution in [0.15, 0.2) is 70.0 Å². The zero-order chi connectivity index (χ0) is 22.7. The number of imide groups is 1. The van der Waals surface area contributed by atoms with E-state index in [0.717, 1.165) is 16.7 Å². The molecular formula is C22H15ClN2O6S. The van der Waals surface area contributed by atoms with E-state index in [1.54, 1.807) is 48.5 Å². The fourth-order valence-electron chi connectivity index (χ4n) is 2.99. The molecule has 1 fully saturated rings. The third kappa shape index (κ3) is 4.68. The number of rotatable bonds is 7. The van der Waals surface area contributed by atoms with Crippen molar-refractivity contribution in [3.05, 3.63) is 86.5 Å². The lowest BCUT2D eigenvalue weighted by Crippen LogP contribution is -2.32. The number of non-ortho nitro benzene ring substituents is 1. The average molecular weight is 471 g/mol. The minimum Gasteiger partial charge on any atom is -0.490 e. The van der Waals surface area contributed by atoms with Gasteiger partial charge in [0.05, 0.1) is 21.4 Å².